The van der Waals surface area contributed by atoms with Gasteiger partial charge in [-0.2, -0.15) is 10.4 Å². The van der Waals surface area contributed by atoms with Gasteiger partial charge in [-0.1, -0.05) is 36.1 Å². The molecule has 1 N–H and O–H groups in total. The number of fused-ring (bicyclic) bond motifs is 3. The van der Waals surface area contributed by atoms with E-state index in [-0.39, 0.29) is 12.8 Å². The zero-order chi connectivity index (χ0) is 25.2. The van der Waals surface area contributed by atoms with Crippen molar-refractivity contribution in [1.82, 2.24) is 9.78 Å². The van der Waals surface area contributed by atoms with Crippen LogP contribution in [0, 0.1) is 23.2 Å². The minimum Gasteiger partial charge on any atom is -0.396 e. The highest BCUT2D eigenvalue weighted by atomic mass is 16.5. The summed E-state index contributed by atoms with van der Waals surface area (Å²) in [7, 11) is 0. The van der Waals surface area contributed by atoms with Crippen LogP contribution < -0.4 is 0 Å². The van der Waals surface area contributed by atoms with Crippen molar-refractivity contribution in [3.8, 4) is 29.2 Å². The average Bonchev–Trinajstić information content (AvgIpc) is 3.42. The fraction of sp³-hybridized carbons (Fsp3) is 0.250. The number of hydrogen-bond donors (Lipinski definition) is 1. The third-order valence-electron chi connectivity index (χ3n) is 7.11. The molecular weight excluding hydrogens is 458 g/mol. The molecule has 1 fully saturated rings. The van der Waals surface area contributed by atoms with E-state index in [9.17, 15) is 10.4 Å². The van der Waals surface area contributed by atoms with Crippen LogP contribution in [0.15, 0.2) is 66.9 Å². The van der Waals surface area contributed by atoms with Crippen molar-refractivity contribution in [3.63, 3.8) is 0 Å². The third kappa shape index (κ3) is 4.34. The van der Waals surface area contributed by atoms with E-state index in [1.807, 2.05) is 16.8 Å². The van der Waals surface area contributed by atoms with Crippen molar-refractivity contribution in [2.75, 3.05) is 13.2 Å². The molecule has 0 bridgehead atoms. The molecule has 37 heavy (non-hydrogen) atoms. The molecule has 1 saturated heterocycles. The molecule has 0 aliphatic carbocycles. The Labute approximate surface area is 215 Å². The van der Waals surface area contributed by atoms with E-state index in [2.05, 4.69) is 71.5 Å². The van der Waals surface area contributed by atoms with Crippen LogP contribution >= 0.6 is 0 Å². The summed E-state index contributed by atoms with van der Waals surface area (Å²) in [5, 5.41) is 30.8. The Morgan fingerprint density at radius 3 is 2.49 bits per heavy atom. The number of aliphatic hydroxyl groups is 1. The van der Waals surface area contributed by atoms with Crippen molar-refractivity contribution < 1.29 is 9.84 Å². The lowest BCUT2D eigenvalue weighted by Gasteiger charge is -2.25. The van der Waals surface area contributed by atoms with Crippen LogP contribution in [-0.2, 0) is 4.74 Å². The largest absolute Gasteiger partial charge is 0.396 e. The van der Waals surface area contributed by atoms with E-state index < -0.39 is 0 Å². The standard InChI is InChI=1S/C32H27N3O2/c33-21-29-28-20-26-17-23-9-4-3-8-22(23)16-25(26)19-27(28)18-24(10-2-1-6-14-36)32(29)30-12-13-34-35(30)31-11-5-7-15-37-31/h3-4,8-9,12-13,16-20,31,36H,1,5-7,11,14-15H2. The first kappa shape index (κ1) is 23.3. The maximum Gasteiger partial charge on any atom is 0.150 e. The monoisotopic (exact) mass is 485 g/mol. The Morgan fingerprint density at radius 2 is 1.76 bits per heavy atom. The van der Waals surface area contributed by atoms with Crippen molar-refractivity contribution in [1.29, 1.82) is 5.26 Å². The molecule has 1 unspecified atom stereocenters. The molecule has 5 aromatic rings. The van der Waals surface area contributed by atoms with Crippen LogP contribution in [0.25, 0.3) is 43.6 Å². The highest BCUT2D eigenvalue weighted by molar-refractivity contribution is 6.08. The Morgan fingerprint density at radius 1 is 0.973 bits per heavy atom. The topological polar surface area (TPSA) is 71.1 Å². The predicted molar refractivity (Wildman–Crippen MR) is 147 cm³/mol. The minimum absolute atomic E-state index is 0.106. The second kappa shape index (κ2) is 10.1. The fourth-order valence-electron chi connectivity index (χ4n) is 5.31. The number of unbranched alkanes of at least 4 members (excludes halogenated alkanes) is 1. The molecule has 6 rings (SSSR count). The number of ether oxygens (including phenoxy) is 1. The van der Waals surface area contributed by atoms with Crippen LogP contribution in [0.1, 0.15) is 49.5 Å². The molecule has 182 valence electrons. The van der Waals surface area contributed by atoms with Gasteiger partial charge in [0.2, 0.25) is 0 Å². The molecular formula is C32H27N3O2. The lowest BCUT2D eigenvalue weighted by molar-refractivity contribution is -0.0383. The summed E-state index contributed by atoms with van der Waals surface area (Å²) in [4.78, 5) is 0. The van der Waals surface area contributed by atoms with Gasteiger partial charge in [-0.25, -0.2) is 4.68 Å². The Hall–Kier alpha value is -4.16. The van der Waals surface area contributed by atoms with Gasteiger partial charge in [0.05, 0.1) is 11.3 Å². The summed E-state index contributed by atoms with van der Waals surface area (Å²) < 4.78 is 7.96. The number of benzene rings is 4. The first-order valence-corrected chi connectivity index (χ1v) is 12.9. The molecule has 0 amide bonds. The van der Waals surface area contributed by atoms with E-state index in [1.165, 1.54) is 10.8 Å². The minimum atomic E-state index is -0.154. The van der Waals surface area contributed by atoms with Crippen LogP contribution in [0.3, 0.4) is 0 Å². The zero-order valence-corrected chi connectivity index (χ0v) is 20.6. The quantitative estimate of drug-likeness (QED) is 0.175. The molecule has 4 aromatic carbocycles. The Kier molecular flexibility index (Phi) is 6.33. The SMILES string of the molecule is N#Cc1c(-c2ccnn2C2CCCCO2)c(C#CCCCO)cc2cc3cc4ccccc4cc3cc12. The van der Waals surface area contributed by atoms with Crippen LogP contribution in [0.4, 0.5) is 0 Å². The van der Waals surface area contributed by atoms with Crippen molar-refractivity contribution in [2.45, 2.75) is 38.3 Å². The van der Waals surface area contributed by atoms with Gasteiger partial charge < -0.3 is 9.84 Å². The lowest BCUT2D eigenvalue weighted by Crippen LogP contribution is -2.20. The molecule has 1 aromatic heterocycles. The molecule has 0 saturated carbocycles. The zero-order valence-electron chi connectivity index (χ0n) is 20.6. The number of nitriles is 1. The summed E-state index contributed by atoms with van der Waals surface area (Å²) in [6.07, 6.45) is 5.85. The Balaban J connectivity index is 1.62. The van der Waals surface area contributed by atoms with Crippen molar-refractivity contribution >= 4 is 32.3 Å². The fourth-order valence-corrected chi connectivity index (χ4v) is 5.31. The molecule has 0 radical (unpaired) electrons. The van der Waals surface area contributed by atoms with Gasteiger partial charge >= 0.3 is 0 Å². The van der Waals surface area contributed by atoms with E-state index in [0.29, 0.717) is 25.0 Å². The molecule has 2 heterocycles. The normalized spacial score (nSPS) is 15.5. The summed E-state index contributed by atoms with van der Waals surface area (Å²) in [6, 6.07) is 23.6. The number of rotatable bonds is 4. The maximum absolute atomic E-state index is 10.5. The van der Waals surface area contributed by atoms with E-state index in [4.69, 9.17) is 4.74 Å². The van der Waals surface area contributed by atoms with Gasteiger partial charge in [-0.3, -0.25) is 0 Å². The van der Waals surface area contributed by atoms with Crippen LogP contribution in [0.5, 0.6) is 0 Å². The highest BCUT2D eigenvalue weighted by Gasteiger charge is 2.24. The molecule has 5 nitrogen and oxygen atoms in total. The number of hydrogen-bond acceptors (Lipinski definition) is 4. The smallest absolute Gasteiger partial charge is 0.150 e. The molecule has 0 spiro atoms. The summed E-state index contributed by atoms with van der Waals surface area (Å²) in [6.45, 7) is 0.814. The van der Waals surface area contributed by atoms with E-state index in [0.717, 1.165) is 57.6 Å². The van der Waals surface area contributed by atoms with Crippen LogP contribution in [-0.4, -0.2) is 28.1 Å². The Bertz CT molecular complexity index is 1730. The average molecular weight is 486 g/mol. The van der Waals surface area contributed by atoms with Gasteiger partial charge in [0, 0.05) is 42.3 Å². The first-order valence-electron chi connectivity index (χ1n) is 12.9. The third-order valence-corrected chi connectivity index (χ3v) is 7.11. The number of aliphatic hydroxyl groups excluding tert-OH is 1. The highest BCUT2D eigenvalue weighted by Crippen LogP contribution is 2.38. The lowest BCUT2D eigenvalue weighted by atomic mass is 9.90. The molecule has 1 aliphatic heterocycles. The molecule has 1 atom stereocenters. The number of aromatic nitrogens is 2. The van der Waals surface area contributed by atoms with Gasteiger partial charge in [0.1, 0.15) is 6.07 Å². The summed E-state index contributed by atoms with van der Waals surface area (Å²) in [5.41, 5.74) is 3.02. The van der Waals surface area contributed by atoms with Gasteiger partial charge in [-0.15, -0.1) is 0 Å². The van der Waals surface area contributed by atoms with E-state index in [1.54, 1.807) is 6.20 Å². The predicted octanol–water partition coefficient (Wildman–Crippen LogP) is 6.70. The summed E-state index contributed by atoms with van der Waals surface area (Å²) >= 11 is 0. The molecule has 5 heteroatoms. The van der Waals surface area contributed by atoms with Crippen LogP contribution in [0.2, 0.25) is 0 Å². The maximum atomic E-state index is 10.5. The number of nitrogens with zero attached hydrogens (tertiary/aromatic N) is 3. The van der Waals surface area contributed by atoms with Gasteiger partial charge in [-0.05, 0) is 89.0 Å². The van der Waals surface area contributed by atoms with Gasteiger partial charge in [0.25, 0.3) is 0 Å². The first-order chi connectivity index (χ1) is 18.3. The van der Waals surface area contributed by atoms with Crippen molar-refractivity contribution in [2.24, 2.45) is 0 Å². The summed E-state index contributed by atoms with van der Waals surface area (Å²) in [5.74, 6) is 6.52. The second-order valence-electron chi connectivity index (χ2n) is 9.52. The van der Waals surface area contributed by atoms with Crippen molar-refractivity contribution in [3.05, 3.63) is 78.0 Å². The second-order valence-corrected chi connectivity index (χ2v) is 9.52. The van der Waals surface area contributed by atoms with E-state index >= 15 is 0 Å². The molecule has 1 aliphatic rings. The van der Waals surface area contributed by atoms with Gasteiger partial charge in [0.15, 0.2) is 6.23 Å².